The minimum atomic E-state index is -2.53. The average molecular weight is 424 g/mol. The lowest BCUT2D eigenvalue weighted by Crippen LogP contribution is -2.21. The molecule has 0 saturated carbocycles. The van der Waals surface area contributed by atoms with E-state index in [1.165, 1.54) is 0 Å². The van der Waals surface area contributed by atoms with Crippen LogP contribution in [0.4, 0.5) is 5.69 Å². The van der Waals surface area contributed by atoms with Crippen LogP contribution in [0.25, 0.3) is 21.8 Å². The number of aromatic nitrogens is 2. The smallest absolute Gasteiger partial charge is 0.149 e. The second-order valence-electron chi connectivity index (χ2n) is 7.07. The molecule has 0 aliphatic carbocycles. The van der Waals surface area contributed by atoms with Gasteiger partial charge in [-0.1, -0.05) is 29.8 Å². The van der Waals surface area contributed by atoms with Gasteiger partial charge in [-0.15, -0.1) is 0 Å². The number of nitrogens with zero attached hydrogens (tertiary/aromatic N) is 2. The minimum absolute atomic E-state index is 0.109. The number of fused-ring (bicyclic) bond motifs is 3. The molecule has 0 radical (unpaired) electrons. The third-order valence-corrected chi connectivity index (χ3v) is 7.63. The van der Waals surface area contributed by atoms with Gasteiger partial charge in [0.25, 0.3) is 0 Å². The van der Waals surface area contributed by atoms with Gasteiger partial charge in [-0.05, 0) is 42.2 Å². The zero-order chi connectivity index (χ0) is 20.0. The molecular weight excluding hydrogens is 405 g/mol. The molecule has 4 aromatic rings. The Morgan fingerprint density at radius 1 is 1.10 bits per heavy atom. The number of nitrogens with two attached hydrogens (primary N) is 1. The van der Waals surface area contributed by atoms with Gasteiger partial charge in [-0.2, -0.15) is 0 Å². The Bertz CT molecular complexity index is 1290. The Labute approximate surface area is 173 Å². The van der Waals surface area contributed by atoms with Crippen LogP contribution >= 0.6 is 18.9 Å². The summed E-state index contributed by atoms with van der Waals surface area (Å²) in [7, 11) is -2.53. The number of hydrogen-bond donors (Lipinski definition) is 1. The summed E-state index contributed by atoms with van der Waals surface area (Å²) >= 11 is 6.16. The lowest BCUT2D eigenvalue weighted by molar-refractivity contribution is 0.111. The highest BCUT2D eigenvalue weighted by Crippen LogP contribution is 2.54. The van der Waals surface area contributed by atoms with Crippen LogP contribution in [0.3, 0.4) is 0 Å². The molecule has 2 N–H and O–H groups in total. The molecule has 0 spiro atoms. The van der Waals surface area contributed by atoms with Crippen LogP contribution < -0.4 is 11.0 Å². The monoisotopic (exact) mass is 423 g/mol. The van der Waals surface area contributed by atoms with E-state index in [-0.39, 0.29) is 6.10 Å². The van der Waals surface area contributed by atoms with E-state index in [4.69, 9.17) is 26.4 Å². The van der Waals surface area contributed by atoms with Gasteiger partial charge >= 0.3 is 0 Å². The van der Waals surface area contributed by atoms with Crippen molar-refractivity contribution in [3.8, 4) is 0 Å². The number of hydrogen-bond acceptors (Lipinski definition) is 5. The highest BCUT2D eigenvalue weighted by Gasteiger charge is 2.30. The maximum absolute atomic E-state index is 6.40. The van der Waals surface area contributed by atoms with Crippen LogP contribution in [-0.4, -0.2) is 22.9 Å². The van der Waals surface area contributed by atoms with E-state index in [9.17, 15) is 0 Å². The van der Waals surface area contributed by atoms with Crippen LogP contribution in [0, 0.1) is 0 Å². The molecule has 29 heavy (non-hydrogen) atoms. The van der Waals surface area contributed by atoms with Gasteiger partial charge in [-0.25, -0.2) is 0 Å². The van der Waals surface area contributed by atoms with Crippen molar-refractivity contribution in [2.24, 2.45) is 0 Å². The van der Waals surface area contributed by atoms with E-state index in [1.54, 1.807) is 18.5 Å². The number of anilines is 1. The molecule has 0 bridgehead atoms. The van der Waals surface area contributed by atoms with Crippen molar-refractivity contribution in [1.82, 2.24) is 9.97 Å². The van der Waals surface area contributed by atoms with E-state index >= 15 is 0 Å². The van der Waals surface area contributed by atoms with Crippen LogP contribution in [0.5, 0.6) is 0 Å². The molecule has 1 aliphatic heterocycles. The molecule has 1 aliphatic rings. The van der Waals surface area contributed by atoms with Crippen molar-refractivity contribution >= 4 is 58.0 Å². The van der Waals surface area contributed by atoms with Crippen molar-refractivity contribution in [2.45, 2.75) is 12.5 Å². The molecular formula is C22H19ClN3O2P. The predicted molar refractivity (Wildman–Crippen MR) is 121 cm³/mol. The van der Waals surface area contributed by atoms with Crippen LogP contribution in [-0.2, 0) is 9.05 Å². The number of rotatable bonds is 2. The highest BCUT2D eigenvalue weighted by atomic mass is 35.5. The Balaban J connectivity index is 1.55. The third kappa shape index (κ3) is 3.30. The van der Waals surface area contributed by atoms with Gasteiger partial charge in [0.2, 0.25) is 0 Å². The van der Waals surface area contributed by atoms with Crippen LogP contribution in [0.1, 0.15) is 18.1 Å². The molecule has 2 aromatic carbocycles. The second-order valence-corrected chi connectivity index (χ2v) is 9.84. The van der Waals surface area contributed by atoms with Crippen molar-refractivity contribution in [2.75, 3.05) is 12.3 Å². The normalized spacial score (nSPS) is 22.2. The lowest BCUT2D eigenvalue weighted by Gasteiger charge is -2.35. The Morgan fingerprint density at radius 2 is 2.00 bits per heavy atom. The number of pyridine rings is 2. The fraction of sp³-hybridized carbons (Fsp3) is 0.136. The molecule has 2 atom stereocenters. The molecule has 1 fully saturated rings. The van der Waals surface area contributed by atoms with Gasteiger partial charge in [-0.3, -0.25) is 9.97 Å². The quantitative estimate of drug-likeness (QED) is 0.358. The molecule has 0 amide bonds. The molecule has 3 heterocycles. The van der Waals surface area contributed by atoms with E-state index in [0.717, 1.165) is 39.1 Å². The van der Waals surface area contributed by atoms with E-state index in [2.05, 4.69) is 16.3 Å². The number of nitrogen functional groups attached to an aromatic ring is 1. The SMILES string of the molecule is C=P1(c2cnc3c(ccc4c(N)ccnc43)c2)OCCC(c2cccc(Cl)c2)O1. The zero-order valence-corrected chi connectivity index (χ0v) is 17.2. The topological polar surface area (TPSA) is 70.3 Å². The Morgan fingerprint density at radius 3 is 2.86 bits per heavy atom. The van der Waals surface area contributed by atoms with Crippen molar-refractivity contribution in [3.63, 3.8) is 0 Å². The summed E-state index contributed by atoms with van der Waals surface area (Å²) in [6.07, 6.45) is 8.47. The summed E-state index contributed by atoms with van der Waals surface area (Å²) in [6.45, 7) is 0.572. The lowest BCUT2D eigenvalue weighted by atomic mass is 10.1. The molecule has 7 heteroatoms. The van der Waals surface area contributed by atoms with Gasteiger partial charge in [0.05, 0.1) is 23.7 Å². The summed E-state index contributed by atoms with van der Waals surface area (Å²) in [4.78, 5) is 9.14. The molecule has 2 aromatic heterocycles. The van der Waals surface area contributed by atoms with E-state index in [0.29, 0.717) is 17.3 Å². The van der Waals surface area contributed by atoms with Gasteiger partial charge < -0.3 is 14.8 Å². The average Bonchev–Trinajstić information content (AvgIpc) is 2.73. The first-order valence-corrected chi connectivity index (χ1v) is 11.5. The first kappa shape index (κ1) is 18.6. The Hall–Kier alpha value is -2.43. The molecule has 5 rings (SSSR count). The van der Waals surface area contributed by atoms with Gasteiger partial charge in [0, 0.05) is 45.6 Å². The van der Waals surface area contributed by atoms with Crippen molar-refractivity contribution in [1.29, 1.82) is 0 Å². The fourth-order valence-corrected chi connectivity index (χ4v) is 5.81. The number of benzene rings is 2. The van der Waals surface area contributed by atoms with Crippen molar-refractivity contribution in [3.05, 3.63) is 71.5 Å². The summed E-state index contributed by atoms with van der Waals surface area (Å²) < 4.78 is 12.5. The van der Waals surface area contributed by atoms with Crippen molar-refractivity contribution < 1.29 is 9.05 Å². The maximum Gasteiger partial charge on any atom is 0.149 e. The molecule has 146 valence electrons. The highest BCUT2D eigenvalue weighted by molar-refractivity contribution is 7.72. The van der Waals surface area contributed by atoms with E-state index in [1.807, 2.05) is 42.5 Å². The number of halogens is 1. The molecule has 1 saturated heterocycles. The van der Waals surface area contributed by atoms with Crippen LogP contribution in [0.15, 0.2) is 60.9 Å². The summed E-state index contributed by atoms with van der Waals surface area (Å²) in [5, 5.41) is 3.40. The van der Waals surface area contributed by atoms with Gasteiger partial charge in [0.1, 0.15) is 7.34 Å². The standard InChI is InChI=1S/C22H19ClN3O2P/c1-29(27-10-8-20(28-29)14-3-2-4-16(23)11-14)17-12-15-5-6-18-19(24)7-9-25-22(18)21(15)26-13-17/h2-7,9,11-13,20H,1,8,10H2,(H2,24,25). The molecule has 5 nitrogen and oxygen atoms in total. The van der Waals surface area contributed by atoms with E-state index < -0.39 is 7.34 Å². The zero-order valence-electron chi connectivity index (χ0n) is 15.6. The van der Waals surface area contributed by atoms with Gasteiger partial charge in [0.15, 0.2) is 0 Å². The first-order valence-electron chi connectivity index (χ1n) is 9.29. The summed E-state index contributed by atoms with van der Waals surface area (Å²) in [6, 6.07) is 15.5. The third-order valence-electron chi connectivity index (χ3n) is 5.17. The van der Waals surface area contributed by atoms with Crippen LogP contribution in [0.2, 0.25) is 5.02 Å². The fourth-order valence-electron chi connectivity index (χ4n) is 3.67. The minimum Gasteiger partial charge on any atom is -0.398 e. The second kappa shape index (κ2) is 7.12. The maximum atomic E-state index is 6.40. The summed E-state index contributed by atoms with van der Waals surface area (Å²) in [5.74, 6) is 0. The first-order chi connectivity index (χ1) is 14.0. The Kier molecular flexibility index (Phi) is 4.56. The largest absolute Gasteiger partial charge is 0.398 e. The molecule has 2 unspecified atom stereocenters. The predicted octanol–water partition coefficient (Wildman–Crippen LogP) is 5.10. The summed E-state index contributed by atoms with van der Waals surface area (Å²) in [5.41, 5.74) is 9.38.